The van der Waals surface area contributed by atoms with Gasteiger partial charge in [-0.25, -0.2) is 0 Å². The molecule has 1 aromatic rings. The van der Waals surface area contributed by atoms with Gasteiger partial charge in [-0.05, 0) is 0 Å². The third-order valence-corrected chi connectivity index (χ3v) is 3.22. The van der Waals surface area contributed by atoms with E-state index < -0.39 is 17.1 Å². The Morgan fingerprint density at radius 3 is 2.13 bits per heavy atom. The van der Waals surface area contributed by atoms with Gasteiger partial charge in [-0.1, -0.05) is 0 Å². The molecule has 0 aliphatic heterocycles. The Kier molecular flexibility index (Phi) is 6.73. The van der Waals surface area contributed by atoms with Crippen molar-refractivity contribution in [1.82, 2.24) is 4.90 Å². The minimum atomic E-state index is -0.646. The molecule has 0 N–H and O–H groups in total. The number of nitro benzene ring substituents is 1. The Labute approximate surface area is 133 Å². The molecule has 9 nitrogen and oxygen atoms in total. The van der Waals surface area contributed by atoms with Gasteiger partial charge in [0.15, 0.2) is 17.8 Å². The number of carbonyl (C=O) groups is 1. The number of hydrogen-bond donors (Lipinski definition) is 0. The third kappa shape index (κ3) is 4.30. The highest BCUT2D eigenvalue weighted by molar-refractivity contribution is 5.99. The zero-order chi connectivity index (χ0) is 17.6. The van der Waals surface area contributed by atoms with E-state index in [-0.39, 0.29) is 29.3 Å². The number of ether oxygens (including phenoxy) is 4. The van der Waals surface area contributed by atoms with Crippen molar-refractivity contribution >= 4 is 11.6 Å². The van der Waals surface area contributed by atoms with Crippen molar-refractivity contribution in [2.75, 3.05) is 42.0 Å². The van der Waals surface area contributed by atoms with E-state index in [0.717, 1.165) is 6.07 Å². The van der Waals surface area contributed by atoms with E-state index in [4.69, 9.17) is 18.9 Å². The second-order valence-corrected chi connectivity index (χ2v) is 4.57. The van der Waals surface area contributed by atoms with Gasteiger partial charge in [-0.15, -0.1) is 0 Å². The second-order valence-electron chi connectivity index (χ2n) is 4.57. The number of nitro groups is 1. The van der Waals surface area contributed by atoms with Crippen molar-refractivity contribution in [2.24, 2.45) is 0 Å². The number of nitrogens with zero attached hydrogens (tertiary/aromatic N) is 2. The fraction of sp³-hybridized carbons (Fsp3) is 0.500. The first-order chi connectivity index (χ1) is 10.9. The van der Waals surface area contributed by atoms with Crippen LogP contribution < -0.4 is 9.47 Å². The summed E-state index contributed by atoms with van der Waals surface area (Å²) in [5, 5.41) is 11.2. The van der Waals surface area contributed by atoms with Crippen LogP contribution >= 0.6 is 0 Å². The summed E-state index contributed by atoms with van der Waals surface area (Å²) in [5.41, 5.74) is -0.480. The Hall–Kier alpha value is -2.39. The van der Waals surface area contributed by atoms with Gasteiger partial charge < -0.3 is 23.8 Å². The molecule has 0 radical (unpaired) electrons. The lowest BCUT2D eigenvalue weighted by atomic mass is 10.1. The summed E-state index contributed by atoms with van der Waals surface area (Å²) < 4.78 is 20.2. The van der Waals surface area contributed by atoms with E-state index in [0.29, 0.717) is 0 Å². The average Bonchev–Trinajstić information content (AvgIpc) is 2.57. The number of rotatable bonds is 8. The van der Waals surface area contributed by atoms with E-state index in [1.54, 1.807) is 0 Å². The molecule has 0 aliphatic carbocycles. The molecule has 128 valence electrons. The number of carbonyl (C=O) groups excluding carboxylic acids is 1. The number of amides is 1. The minimum Gasteiger partial charge on any atom is -0.493 e. The molecule has 0 spiro atoms. The number of benzene rings is 1. The molecule has 0 fully saturated rings. The van der Waals surface area contributed by atoms with Gasteiger partial charge in [0.1, 0.15) is 5.56 Å². The Balaban J connectivity index is 3.23. The molecule has 0 bridgehead atoms. The molecule has 0 atom stereocenters. The molecule has 0 aromatic heterocycles. The highest BCUT2D eigenvalue weighted by Gasteiger charge is 2.27. The monoisotopic (exact) mass is 328 g/mol. The Morgan fingerprint density at radius 2 is 1.70 bits per heavy atom. The molecule has 0 unspecified atom stereocenters. The summed E-state index contributed by atoms with van der Waals surface area (Å²) in [7, 11) is 7.11. The van der Waals surface area contributed by atoms with Crippen molar-refractivity contribution < 1.29 is 28.7 Å². The van der Waals surface area contributed by atoms with Gasteiger partial charge >= 0.3 is 0 Å². The van der Waals surface area contributed by atoms with Crippen molar-refractivity contribution in [3.8, 4) is 11.5 Å². The fourth-order valence-corrected chi connectivity index (χ4v) is 1.95. The summed E-state index contributed by atoms with van der Waals surface area (Å²) >= 11 is 0. The van der Waals surface area contributed by atoms with Gasteiger partial charge in [-0.3, -0.25) is 14.9 Å². The molecule has 23 heavy (non-hydrogen) atoms. The first-order valence-electron chi connectivity index (χ1n) is 6.61. The van der Waals surface area contributed by atoms with Crippen LogP contribution in [0.15, 0.2) is 12.1 Å². The molecule has 9 heteroatoms. The van der Waals surface area contributed by atoms with E-state index in [1.165, 1.54) is 46.5 Å². The predicted octanol–water partition coefficient (Wildman–Crippen LogP) is 1.30. The standard InChI is InChI=1S/C14H20N2O7/c1-15(8-13(22-4)23-5)14(17)9-6-11(20-2)12(21-3)7-10(9)16(18)19/h6-7,13H,8H2,1-5H3. The third-order valence-electron chi connectivity index (χ3n) is 3.22. The molecule has 0 heterocycles. The predicted molar refractivity (Wildman–Crippen MR) is 81.0 cm³/mol. The Morgan fingerprint density at radius 1 is 1.17 bits per heavy atom. The minimum absolute atomic E-state index is 0.108. The van der Waals surface area contributed by atoms with Crippen LogP contribution in [0.2, 0.25) is 0 Å². The van der Waals surface area contributed by atoms with Crippen molar-refractivity contribution in [1.29, 1.82) is 0 Å². The van der Waals surface area contributed by atoms with Crippen LogP contribution in [-0.2, 0) is 9.47 Å². The summed E-state index contributed by atoms with van der Waals surface area (Å²) in [6.45, 7) is 0.108. The van der Waals surface area contributed by atoms with Gasteiger partial charge in [0.05, 0.1) is 31.8 Å². The topological polar surface area (TPSA) is 100 Å². The van der Waals surface area contributed by atoms with E-state index in [2.05, 4.69) is 0 Å². The lowest BCUT2D eigenvalue weighted by molar-refractivity contribution is -0.385. The molecule has 0 aliphatic rings. The van der Waals surface area contributed by atoms with Crippen LogP contribution in [0.4, 0.5) is 5.69 Å². The maximum atomic E-state index is 12.5. The van der Waals surface area contributed by atoms with E-state index in [9.17, 15) is 14.9 Å². The van der Waals surface area contributed by atoms with Crippen LogP contribution in [0.25, 0.3) is 0 Å². The zero-order valence-electron chi connectivity index (χ0n) is 13.7. The normalized spacial score (nSPS) is 10.5. The second kappa shape index (κ2) is 8.30. The quantitative estimate of drug-likeness (QED) is 0.403. The molecular weight excluding hydrogens is 308 g/mol. The Bertz CT molecular complexity index is 572. The fourth-order valence-electron chi connectivity index (χ4n) is 1.95. The van der Waals surface area contributed by atoms with Gasteiger partial charge in [0.2, 0.25) is 0 Å². The highest BCUT2D eigenvalue weighted by atomic mass is 16.7. The van der Waals surface area contributed by atoms with Crippen LogP contribution in [0.1, 0.15) is 10.4 Å². The maximum Gasteiger partial charge on any atom is 0.286 e. The van der Waals surface area contributed by atoms with Crippen molar-refractivity contribution in [3.63, 3.8) is 0 Å². The molecule has 0 saturated carbocycles. The van der Waals surface area contributed by atoms with Gasteiger partial charge in [-0.2, -0.15) is 0 Å². The molecule has 1 aromatic carbocycles. The molecular formula is C14H20N2O7. The van der Waals surface area contributed by atoms with E-state index in [1.807, 2.05) is 0 Å². The van der Waals surface area contributed by atoms with Crippen LogP contribution in [0.3, 0.4) is 0 Å². The highest BCUT2D eigenvalue weighted by Crippen LogP contribution is 2.35. The summed E-state index contributed by atoms with van der Waals surface area (Å²) in [4.78, 5) is 24.4. The number of methoxy groups -OCH3 is 4. The SMILES string of the molecule is COc1cc(C(=O)N(C)CC(OC)OC)c([N+](=O)[O-])cc1OC. The van der Waals surface area contributed by atoms with Crippen LogP contribution in [0.5, 0.6) is 11.5 Å². The largest absolute Gasteiger partial charge is 0.493 e. The van der Waals surface area contributed by atoms with Crippen molar-refractivity contribution in [3.05, 3.63) is 27.8 Å². The van der Waals surface area contributed by atoms with Crippen LogP contribution in [-0.4, -0.2) is 64.1 Å². The molecule has 0 saturated heterocycles. The molecule has 1 rings (SSSR count). The number of likely N-dealkylation sites (N-methyl/N-ethyl adjacent to an activating group) is 1. The summed E-state index contributed by atoms with van der Waals surface area (Å²) in [6, 6.07) is 2.44. The summed E-state index contributed by atoms with van der Waals surface area (Å²) in [6.07, 6.45) is -0.636. The van der Waals surface area contributed by atoms with Crippen molar-refractivity contribution in [2.45, 2.75) is 6.29 Å². The smallest absolute Gasteiger partial charge is 0.286 e. The maximum absolute atomic E-state index is 12.5. The lowest BCUT2D eigenvalue weighted by Crippen LogP contribution is -2.36. The first-order valence-corrected chi connectivity index (χ1v) is 6.61. The average molecular weight is 328 g/mol. The van der Waals surface area contributed by atoms with Crippen LogP contribution in [0, 0.1) is 10.1 Å². The number of hydrogen-bond acceptors (Lipinski definition) is 7. The van der Waals surface area contributed by atoms with Gasteiger partial charge in [0, 0.05) is 27.3 Å². The zero-order valence-corrected chi connectivity index (χ0v) is 13.7. The molecule has 1 amide bonds. The van der Waals surface area contributed by atoms with E-state index >= 15 is 0 Å². The lowest BCUT2D eigenvalue weighted by Gasteiger charge is -2.22. The first kappa shape index (κ1) is 18.7. The van der Waals surface area contributed by atoms with Gasteiger partial charge in [0.25, 0.3) is 11.6 Å². The summed E-state index contributed by atoms with van der Waals surface area (Å²) in [5.74, 6) is -0.160.